The highest BCUT2D eigenvalue weighted by Crippen LogP contribution is 2.36. The van der Waals surface area contributed by atoms with Gasteiger partial charge in [-0.25, -0.2) is 4.98 Å². The number of halogens is 1. The van der Waals surface area contributed by atoms with Crippen LogP contribution in [0.15, 0.2) is 47.8 Å². The maximum atomic E-state index is 12.7. The van der Waals surface area contributed by atoms with Crippen molar-refractivity contribution in [2.45, 2.75) is 5.03 Å². The average Bonchev–Trinajstić information content (AvgIpc) is 3.04. The number of amides is 1. The standard InChI is InChI=1S/C19H20ClN5O2S/c1-25-17(15(20)11-23-25)14-10-12(5-6-16(14)27-9-7-21)24-18(26)13-4-3-8-22-19(13)28-2/h3-6,8,10-11H,7,9,21H2,1-2H3,(H,24,26). The van der Waals surface area contributed by atoms with E-state index in [0.717, 1.165) is 0 Å². The van der Waals surface area contributed by atoms with Gasteiger partial charge in [0, 0.05) is 31.0 Å². The number of hydrogen-bond acceptors (Lipinski definition) is 6. The van der Waals surface area contributed by atoms with Gasteiger partial charge in [0.15, 0.2) is 0 Å². The molecule has 3 rings (SSSR count). The molecule has 1 amide bonds. The minimum atomic E-state index is -0.241. The van der Waals surface area contributed by atoms with Crippen molar-refractivity contribution in [3.63, 3.8) is 0 Å². The van der Waals surface area contributed by atoms with E-state index in [4.69, 9.17) is 22.1 Å². The molecule has 9 heteroatoms. The molecule has 7 nitrogen and oxygen atoms in total. The van der Waals surface area contributed by atoms with Crippen LogP contribution in [-0.2, 0) is 7.05 Å². The number of rotatable bonds is 7. The first-order chi connectivity index (χ1) is 13.5. The average molecular weight is 418 g/mol. The largest absolute Gasteiger partial charge is 0.492 e. The summed E-state index contributed by atoms with van der Waals surface area (Å²) in [6.45, 7) is 0.746. The molecule has 2 heterocycles. The van der Waals surface area contributed by atoms with Crippen LogP contribution < -0.4 is 15.8 Å². The predicted molar refractivity (Wildman–Crippen MR) is 112 cm³/mol. The number of thioether (sulfide) groups is 1. The molecule has 0 spiro atoms. The molecule has 3 aromatic rings. The smallest absolute Gasteiger partial charge is 0.258 e. The summed E-state index contributed by atoms with van der Waals surface area (Å²) < 4.78 is 7.41. The second-order valence-corrected chi connectivity index (χ2v) is 7.03. The van der Waals surface area contributed by atoms with E-state index in [2.05, 4.69) is 15.4 Å². The van der Waals surface area contributed by atoms with E-state index in [1.165, 1.54) is 11.8 Å². The maximum absolute atomic E-state index is 12.7. The number of nitrogens with zero attached hydrogens (tertiary/aromatic N) is 3. The van der Waals surface area contributed by atoms with E-state index in [-0.39, 0.29) is 5.91 Å². The Morgan fingerprint density at radius 2 is 2.21 bits per heavy atom. The van der Waals surface area contributed by atoms with Crippen molar-refractivity contribution in [1.29, 1.82) is 0 Å². The minimum Gasteiger partial charge on any atom is -0.492 e. The quantitative estimate of drug-likeness (QED) is 0.572. The molecule has 1 aromatic carbocycles. The van der Waals surface area contributed by atoms with Gasteiger partial charge in [-0.15, -0.1) is 11.8 Å². The summed E-state index contributed by atoms with van der Waals surface area (Å²) in [4.78, 5) is 17.0. The van der Waals surface area contributed by atoms with Crippen LogP contribution in [-0.4, -0.2) is 40.1 Å². The molecule has 0 radical (unpaired) electrons. The summed E-state index contributed by atoms with van der Waals surface area (Å²) >= 11 is 7.74. The van der Waals surface area contributed by atoms with Gasteiger partial charge in [0.05, 0.1) is 22.5 Å². The molecule has 0 saturated heterocycles. The van der Waals surface area contributed by atoms with Gasteiger partial charge in [0.2, 0.25) is 0 Å². The zero-order chi connectivity index (χ0) is 20.1. The highest BCUT2D eigenvalue weighted by Gasteiger charge is 2.17. The first-order valence-corrected chi connectivity index (χ1v) is 10.1. The number of nitrogens with one attached hydrogen (secondary N) is 1. The summed E-state index contributed by atoms with van der Waals surface area (Å²) in [6, 6.07) is 8.84. The van der Waals surface area contributed by atoms with E-state index < -0.39 is 0 Å². The van der Waals surface area contributed by atoms with Crippen LogP contribution in [0, 0.1) is 0 Å². The second-order valence-electron chi connectivity index (χ2n) is 5.83. The lowest BCUT2D eigenvalue weighted by atomic mass is 10.1. The number of pyridine rings is 1. The fourth-order valence-electron chi connectivity index (χ4n) is 2.73. The first-order valence-electron chi connectivity index (χ1n) is 8.50. The number of nitrogens with two attached hydrogens (primary N) is 1. The fraction of sp³-hybridized carbons (Fsp3) is 0.211. The van der Waals surface area contributed by atoms with Crippen molar-refractivity contribution in [3.05, 3.63) is 53.3 Å². The number of anilines is 1. The molecule has 28 heavy (non-hydrogen) atoms. The van der Waals surface area contributed by atoms with Gasteiger partial charge >= 0.3 is 0 Å². The number of aromatic nitrogens is 3. The fourth-order valence-corrected chi connectivity index (χ4v) is 3.54. The minimum absolute atomic E-state index is 0.241. The Kier molecular flexibility index (Phi) is 6.56. The molecule has 0 saturated carbocycles. The monoisotopic (exact) mass is 417 g/mol. The topological polar surface area (TPSA) is 95.1 Å². The van der Waals surface area contributed by atoms with Crippen molar-refractivity contribution >= 4 is 35.0 Å². The molecule has 0 bridgehead atoms. The lowest BCUT2D eigenvalue weighted by Crippen LogP contribution is -2.14. The summed E-state index contributed by atoms with van der Waals surface area (Å²) in [5, 5.41) is 8.24. The second kappa shape index (κ2) is 9.09. The Hall–Kier alpha value is -2.55. The Bertz CT molecular complexity index is 973. The molecular formula is C19H20ClN5O2S. The van der Waals surface area contributed by atoms with Crippen LogP contribution >= 0.6 is 23.4 Å². The highest BCUT2D eigenvalue weighted by atomic mass is 35.5. The van der Waals surface area contributed by atoms with Crippen LogP contribution in [0.1, 0.15) is 10.4 Å². The molecule has 0 fully saturated rings. The number of aryl methyl sites for hydroxylation is 1. The molecule has 0 aliphatic carbocycles. The van der Waals surface area contributed by atoms with Crippen molar-refractivity contribution in [2.75, 3.05) is 24.7 Å². The zero-order valence-electron chi connectivity index (χ0n) is 15.5. The molecule has 146 valence electrons. The third kappa shape index (κ3) is 4.30. The van der Waals surface area contributed by atoms with Gasteiger partial charge in [-0.2, -0.15) is 5.10 Å². The van der Waals surface area contributed by atoms with Crippen molar-refractivity contribution in [3.8, 4) is 17.0 Å². The van der Waals surface area contributed by atoms with E-state index in [0.29, 0.717) is 51.5 Å². The van der Waals surface area contributed by atoms with Crippen LogP contribution in [0.2, 0.25) is 5.02 Å². The lowest BCUT2D eigenvalue weighted by Gasteiger charge is -2.14. The normalized spacial score (nSPS) is 10.7. The molecule has 0 aliphatic heterocycles. The maximum Gasteiger partial charge on any atom is 0.258 e. The Morgan fingerprint density at radius 3 is 2.89 bits per heavy atom. The van der Waals surface area contributed by atoms with E-state index in [1.807, 2.05) is 12.3 Å². The Balaban J connectivity index is 1.97. The summed E-state index contributed by atoms with van der Waals surface area (Å²) in [6.07, 6.45) is 5.11. The van der Waals surface area contributed by atoms with Crippen LogP contribution in [0.4, 0.5) is 5.69 Å². The summed E-state index contributed by atoms with van der Waals surface area (Å²) in [7, 11) is 1.79. The molecule has 2 aromatic heterocycles. The zero-order valence-corrected chi connectivity index (χ0v) is 17.0. The van der Waals surface area contributed by atoms with Gasteiger partial charge in [-0.3, -0.25) is 9.48 Å². The van der Waals surface area contributed by atoms with Crippen LogP contribution in [0.25, 0.3) is 11.3 Å². The predicted octanol–water partition coefficient (Wildman–Crippen LogP) is 3.45. The molecular weight excluding hydrogens is 398 g/mol. The third-order valence-electron chi connectivity index (χ3n) is 3.97. The highest BCUT2D eigenvalue weighted by molar-refractivity contribution is 7.98. The number of hydrogen-bond donors (Lipinski definition) is 2. The van der Waals surface area contributed by atoms with E-state index >= 15 is 0 Å². The van der Waals surface area contributed by atoms with Crippen molar-refractivity contribution < 1.29 is 9.53 Å². The Morgan fingerprint density at radius 1 is 1.39 bits per heavy atom. The molecule has 0 unspecified atom stereocenters. The van der Waals surface area contributed by atoms with Gasteiger partial charge in [0.1, 0.15) is 17.4 Å². The van der Waals surface area contributed by atoms with Gasteiger partial charge in [-0.05, 0) is 36.6 Å². The number of ether oxygens (including phenoxy) is 1. The SMILES string of the molecule is CSc1ncccc1C(=O)Nc1ccc(OCCN)c(-c2c(Cl)cnn2C)c1. The van der Waals surface area contributed by atoms with Gasteiger partial charge in [-0.1, -0.05) is 11.6 Å². The van der Waals surface area contributed by atoms with Gasteiger partial charge < -0.3 is 15.8 Å². The Labute approximate surface area is 172 Å². The third-order valence-corrected chi connectivity index (χ3v) is 4.96. The van der Waals surface area contributed by atoms with Crippen LogP contribution in [0.3, 0.4) is 0 Å². The number of carbonyl (C=O) groups excluding carboxylic acids is 1. The van der Waals surface area contributed by atoms with Crippen LogP contribution in [0.5, 0.6) is 5.75 Å². The molecule has 0 aliphatic rings. The molecule has 0 atom stereocenters. The van der Waals surface area contributed by atoms with Crippen molar-refractivity contribution in [1.82, 2.24) is 14.8 Å². The van der Waals surface area contributed by atoms with E-state index in [9.17, 15) is 4.79 Å². The van der Waals surface area contributed by atoms with E-state index in [1.54, 1.807) is 48.4 Å². The summed E-state index contributed by atoms with van der Waals surface area (Å²) in [5.41, 5.74) is 8.08. The summed E-state index contributed by atoms with van der Waals surface area (Å²) in [5.74, 6) is 0.371. The van der Waals surface area contributed by atoms with Gasteiger partial charge in [0.25, 0.3) is 5.91 Å². The lowest BCUT2D eigenvalue weighted by molar-refractivity contribution is 0.102. The molecule has 3 N–H and O–H groups in total. The number of carbonyl (C=O) groups is 1. The van der Waals surface area contributed by atoms with Crippen molar-refractivity contribution in [2.24, 2.45) is 12.8 Å². The first kappa shape index (κ1) is 20.2. The number of benzene rings is 1.